The largest absolute Gasteiger partial charge is 0.456 e. The number of β-lactam (4-membered cyclic amide) rings is 1. The normalized spacial score (nSPS) is 22.6. The molecule has 6 atom stereocenters. The van der Waals surface area contributed by atoms with Gasteiger partial charge in [0.05, 0.1) is 52.1 Å². The molecule has 2 amide bonds. The van der Waals surface area contributed by atoms with E-state index in [2.05, 4.69) is 43.7 Å². The quantitative estimate of drug-likeness (QED) is 0.0287. The average molecular weight is 988 g/mol. The number of ether oxygens (including phenoxy) is 2. The third-order valence-corrected chi connectivity index (χ3v) is 20.3. The van der Waals surface area contributed by atoms with E-state index in [1.54, 1.807) is 29.2 Å². The zero-order chi connectivity index (χ0) is 49.9. The number of nitro groups is 3. The van der Waals surface area contributed by atoms with Gasteiger partial charge in [0.2, 0.25) is 11.8 Å². The molecule has 370 valence electrons. The smallest absolute Gasteiger partial charge is 0.356 e. The highest BCUT2D eigenvalue weighted by molar-refractivity contribution is 8.03. The van der Waals surface area contributed by atoms with Gasteiger partial charge in [0.25, 0.3) is 17.1 Å². The van der Waals surface area contributed by atoms with Crippen molar-refractivity contribution in [3.8, 4) is 0 Å². The molecule has 0 spiro atoms. The summed E-state index contributed by atoms with van der Waals surface area (Å²) in [6, 6.07) is 17.4. The van der Waals surface area contributed by atoms with Gasteiger partial charge >= 0.3 is 5.97 Å². The van der Waals surface area contributed by atoms with Crippen molar-refractivity contribution in [2.45, 2.75) is 102 Å². The van der Waals surface area contributed by atoms with Crippen molar-refractivity contribution < 1.29 is 43.1 Å². The van der Waals surface area contributed by atoms with Crippen LogP contribution in [0.1, 0.15) is 57.7 Å². The second kappa shape index (κ2) is 21.2. The first kappa shape index (κ1) is 51.3. The van der Waals surface area contributed by atoms with Gasteiger partial charge in [-0.3, -0.25) is 49.7 Å². The van der Waals surface area contributed by atoms with Gasteiger partial charge in [-0.25, -0.2) is 4.79 Å². The Morgan fingerprint density at radius 1 is 0.812 bits per heavy atom. The van der Waals surface area contributed by atoms with Crippen LogP contribution >= 0.6 is 11.8 Å². The van der Waals surface area contributed by atoms with Crippen LogP contribution in [0.3, 0.4) is 0 Å². The lowest BCUT2D eigenvalue weighted by Gasteiger charge is -2.50. The molecule has 4 aliphatic heterocycles. The van der Waals surface area contributed by atoms with Crippen molar-refractivity contribution in [2.75, 3.05) is 45.9 Å². The van der Waals surface area contributed by atoms with Crippen LogP contribution < -0.4 is 0 Å². The predicted octanol–water partition coefficient (Wildman–Crippen LogP) is 7.29. The molecule has 1 unspecified atom stereocenters. The van der Waals surface area contributed by atoms with Gasteiger partial charge in [-0.1, -0.05) is 39.8 Å². The Labute approximate surface area is 406 Å². The van der Waals surface area contributed by atoms with Gasteiger partial charge in [-0.2, -0.15) is 0 Å². The molecule has 0 N–H and O–H groups in total. The number of thioether (sulfide) groups is 1. The number of carbonyl (C=O) groups excluding carboxylic acids is 3. The van der Waals surface area contributed by atoms with E-state index in [1.165, 1.54) is 60.3 Å². The Bertz CT molecular complexity index is 2440. The highest BCUT2D eigenvalue weighted by Gasteiger charge is 2.62. The first-order valence-electron chi connectivity index (χ1n) is 23.2. The number of benzene rings is 3. The van der Waals surface area contributed by atoms with Crippen molar-refractivity contribution in [3.63, 3.8) is 0 Å². The van der Waals surface area contributed by atoms with Crippen molar-refractivity contribution in [1.29, 1.82) is 0 Å². The molecule has 0 aromatic heterocycles. The maximum absolute atomic E-state index is 14.6. The molecule has 0 saturated carbocycles. The average Bonchev–Trinajstić information content (AvgIpc) is 3.81. The van der Waals surface area contributed by atoms with Crippen molar-refractivity contribution in [1.82, 2.24) is 19.6 Å². The van der Waals surface area contributed by atoms with Crippen LogP contribution in [0.4, 0.5) is 17.1 Å². The van der Waals surface area contributed by atoms with E-state index < -0.39 is 47.1 Å². The van der Waals surface area contributed by atoms with Crippen LogP contribution in [-0.4, -0.2) is 130 Å². The molecule has 7 rings (SSSR count). The molecule has 3 saturated heterocycles. The minimum atomic E-state index is -2.29. The summed E-state index contributed by atoms with van der Waals surface area (Å²) in [5.74, 6) is -1.69. The number of hydrogen-bond acceptors (Lipinski definition) is 15. The van der Waals surface area contributed by atoms with E-state index in [1.807, 2.05) is 18.7 Å². The highest BCUT2D eigenvalue weighted by atomic mass is 32.2. The minimum absolute atomic E-state index is 0.0219. The first-order chi connectivity index (χ1) is 32.6. The molecular weight excluding hydrogens is 927 g/mol. The van der Waals surface area contributed by atoms with Crippen molar-refractivity contribution in [2.24, 2.45) is 11.8 Å². The molecule has 19 nitrogen and oxygen atoms in total. The molecule has 3 aromatic carbocycles. The van der Waals surface area contributed by atoms with Gasteiger partial charge in [-0.05, 0) is 72.4 Å². The fourth-order valence-corrected chi connectivity index (χ4v) is 12.3. The van der Waals surface area contributed by atoms with E-state index >= 15 is 0 Å². The summed E-state index contributed by atoms with van der Waals surface area (Å²) in [4.78, 5) is 84.0. The summed E-state index contributed by atoms with van der Waals surface area (Å²) in [6.07, 6.45) is 0.0338. The second-order valence-corrected chi connectivity index (χ2v) is 25.9. The lowest BCUT2D eigenvalue weighted by Crippen LogP contribution is -2.65. The number of carbonyl (C=O) groups is 3. The first-order valence-corrected chi connectivity index (χ1v) is 27.0. The number of nitro benzene ring substituents is 3. The Kier molecular flexibility index (Phi) is 15.7. The molecule has 21 heteroatoms. The van der Waals surface area contributed by atoms with Gasteiger partial charge in [0.1, 0.15) is 12.3 Å². The molecule has 4 aliphatic rings. The lowest BCUT2D eigenvalue weighted by molar-refractivity contribution is -0.385. The zero-order valence-corrected chi connectivity index (χ0v) is 41.9. The molecule has 69 heavy (non-hydrogen) atoms. The Morgan fingerprint density at radius 2 is 1.33 bits per heavy atom. The minimum Gasteiger partial charge on any atom is -0.456 e. The number of non-ortho nitro benzene ring substituents is 3. The van der Waals surface area contributed by atoms with Crippen molar-refractivity contribution in [3.05, 3.63) is 130 Å². The summed E-state index contributed by atoms with van der Waals surface area (Å²) >= 11 is 1.49. The van der Waals surface area contributed by atoms with Crippen LogP contribution in [0.25, 0.3) is 0 Å². The van der Waals surface area contributed by atoms with Crippen LogP contribution in [0.2, 0.25) is 18.1 Å². The lowest BCUT2D eigenvalue weighted by atomic mass is 9.79. The zero-order valence-electron chi connectivity index (χ0n) is 40.1. The maximum atomic E-state index is 14.6. The predicted molar refractivity (Wildman–Crippen MR) is 260 cm³/mol. The number of fused-ring (bicyclic) bond motifs is 1. The molecular formula is C48H61N7O12SSi. The highest BCUT2D eigenvalue weighted by Crippen LogP contribution is 2.54. The van der Waals surface area contributed by atoms with Crippen LogP contribution in [0.5, 0.6) is 0 Å². The van der Waals surface area contributed by atoms with Gasteiger partial charge in [0, 0.05) is 98.3 Å². The number of esters is 1. The van der Waals surface area contributed by atoms with E-state index in [0.29, 0.717) is 75.9 Å². The third kappa shape index (κ3) is 11.6. The molecule has 4 heterocycles. The summed E-state index contributed by atoms with van der Waals surface area (Å²) in [7, 11) is -2.29. The summed E-state index contributed by atoms with van der Waals surface area (Å²) in [6.45, 7) is 19.0. The van der Waals surface area contributed by atoms with Crippen LogP contribution in [0.15, 0.2) is 83.4 Å². The van der Waals surface area contributed by atoms with E-state index in [0.717, 1.165) is 11.1 Å². The Balaban J connectivity index is 1.07. The molecule has 0 aliphatic carbocycles. The summed E-state index contributed by atoms with van der Waals surface area (Å²) in [5.41, 5.74) is 2.25. The SMILES string of the molecule is CC(O[Si](C)(C)C(C)(C)C)[C@H]1C(=O)N2C(C(=O)OCc3ccc([N+](=O)[O-])cc3)=C(S[C@H]3C[C@@H](C(=O)N4CCN(CCOCc5ccc([N+](=O)[O-])cc5)CC4)N(Cc4ccc([N+](=O)[O-])cc4)C3)[C@H](C)[C@H]12. The monoisotopic (exact) mass is 987 g/mol. The fourth-order valence-electron chi connectivity index (χ4n) is 9.32. The molecule has 3 fully saturated rings. The third-order valence-electron chi connectivity index (χ3n) is 14.2. The number of nitrogens with zero attached hydrogens (tertiary/aromatic N) is 7. The van der Waals surface area contributed by atoms with Gasteiger partial charge in [0.15, 0.2) is 8.32 Å². The van der Waals surface area contributed by atoms with Gasteiger partial charge < -0.3 is 23.7 Å². The second-order valence-electron chi connectivity index (χ2n) is 19.8. The number of rotatable bonds is 19. The Hall–Kier alpha value is -5.58. The van der Waals surface area contributed by atoms with Crippen LogP contribution in [0, 0.1) is 42.2 Å². The molecule has 0 radical (unpaired) electrons. The summed E-state index contributed by atoms with van der Waals surface area (Å²) < 4.78 is 18.5. The molecule has 3 aromatic rings. The number of piperazine rings is 1. The fraction of sp³-hybridized carbons (Fsp3) is 0.521. The number of likely N-dealkylation sites (tertiary alicyclic amines) is 1. The van der Waals surface area contributed by atoms with Gasteiger partial charge in [-0.15, -0.1) is 11.8 Å². The standard InChI is InChI=1S/C48H61N7O12SSi/c1-31-42-41(32(2)67-69(6,7)48(3,4)5)46(57)52(42)43(47(58)66-30-35-12-18-38(19-13-35)55(63)64)44(31)68-39-26-40(51(28-39)27-33-8-14-36(15-9-33)53(59)60)45(56)50-22-20-49(21-23-50)24-25-65-29-34-10-16-37(17-11-34)54(61)62/h8-19,31-32,39-42H,20-30H2,1-7H3/t31-,32?,39+,40+,41-,42-/m1/s1. The topological polar surface area (TPSA) is 221 Å². The number of amides is 2. The van der Waals surface area contributed by atoms with Crippen LogP contribution in [-0.2, 0) is 48.0 Å². The van der Waals surface area contributed by atoms with E-state index in [-0.39, 0.29) is 63.4 Å². The number of hydrogen-bond donors (Lipinski definition) is 0. The van der Waals surface area contributed by atoms with E-state index in [4.69, 9.17) is 13.9 Å². The maximum Gasteiger partial charge on any atom is 0.356 e. The van der Waals surface area contributed by atoms with Crippen molar-refractivity contribution >= 4 is 54.9 Å². The summed E-state index contributed by atoms with van der Waals surface area (Å²) in [5, 5.41) is 33.4. The molecule has 0 bridgehead atoms. The van der Waals surface area contributed by atoms with E-state index in [9.17, 15) is 44.7 Å². The Morgan fingerprint density at radius 3 is 1.86 bits per heavy atom.